The van der Waals surface area contributed by atoms with Crippen molar-refractivity contribution in [2.24, 2.45) is 11.1 Å². The van der Waals surface area contributed by atoms with E-state index in [9.17, 15) is 0 Å². The van der Waals surface area contributed by atoms with E-state index in [0.29, 0.717) is 11.7 Å². The lowest BCUT2D eigenvalue weighted by molar-refractivity contribution is 0.161. The van der Waals surface area contributed by atoms with E-state index in [1.54, 1.807) is 0 Å². The third kappa shape index (κ3) is 1.80. The van der Waals surface area contributed by atoms with Crippen LogP contribution in [0.5, 0.6) is 0 Å². The van der Waals surface area contributed by atoms with Gasteiger partial charge in [0.05, 0.1) is 5.54 Å². The third-order valence-electron chi connectivity index (χ3n) is 4.18. The van der Waals surface area contributed by atoms with Crippen molar-refractivity contribution >= 4 is 11.8 Å². The summed E-state index contributed by atoms with van der Waals surface area (Å²) in [5.74, 6) is 4.04. The van der Waals surface area contributed by atoms with E-state index in [0.717, 1.165) is 18.1 Å². The van der Waals surface area contributed by atoms with Crippen molar-refractivity contribution < 1.29 is 4.52 Å². The van der Waals surface area contributed by atoms with Crippen LogP contribution < -0.4 is 5.73 Å². The maximum atomic E-state index is 6.59. The molecular weight excluding hydrogens is 234 g/mol. The van der Waals surface area contributed by atoms with Gasteiger partial charge in [-0.25, -0.2) is 0 Å². The lowest BCUT2D eigenvalue weighted by atomic mass is 9.71. The molecule has 2 fully saturated rings. The van der Waals surface area contributed by atoms with Crippen molar-refractivity contribution in [3.8, 4) is 0 Å². The highest BCUT2D eigenvalue weighted by molar-refractivity contribution is 7.99. The summed E-state index contributed by atoms with van der Waals surface area (Å²) in [5.41, 5.74) is 6.17. The van der Waals surface area contributed by atoms with Gasteiger partial charge in [-0.2, -0.15) is 16.7 Å². The minimum absolute atomic E-state index is 0.0307. The fourth-order valence-corrected chi connectivity index (χ4v) is 3.90. The van der Waals surface area contributed by atoms with Crippen LogP contribution in [0.1, 0.15) is 50.7 Å². The zero-order valence-corrected chi connectivity index (χ0v) is 11.2. The molecule has 1 aromatic rings. The average molecular weight is 253 g/mol. The summed E-state index contributed by atoms with van der Waals surface area (Å²) in [4.78, 5) is 4.55. The third-order valence-corrected chi connectivity index (χ3v) is 5.33. The Hall–Kier alpha value is -0.550. The maximum Gasteiger partial charge on any atom is 0.229 e. The van der Waals surface area contributed by atoms with Crippen molar-refractivity contribution in [2.75, 3.05) is 11.5 Å². The van der Waals surface area contributed by atoms with Crippen molar-refractivity contribution in [1.29, 1.82) is 0 Å². The van der Waals surface area contributed by atoms with E-state index in [-0.39, 0.29) is 5.41 Å². The number of rotatable bonds is 2. The number of nitrogens with zero attached hydrogens (tertiary/aromatic N) is 2. The second kappa shape index (κ2) is 3.72. The Morgan fingerprint density at radius 1 is 1.41 bits per heavy atom. The second-order valence-electron chi connectivity index (χ2n) is 5.89. The molecule has 1 saturated carbocycles. The summed E-state index contributed by atoms with van der Waals surface area (Å²) in [6, 6.07) is 0. The van der Waals surface area contributed by atoms with Gasteiger partial charge in [0.15, 0.2) is 5.82 Å². The molecule has 0 radical (unpaired) electrons. The number of nitrogens with two attached hydrogens (primary N) is 1. The molecule has 94 valence electrons. The van der Waals surface area contributed by atoms with Crippen LogP contribution in [0.25, 0.3) is 0 Å². The van der Waals surface area contributed by atoms with Crippen molar-refractivity contribution in [3.63, 3.8) is 0 Å². The Labute approximate surface area is 106 Å². The van der Waals surface area contributed by atoms with E-state index >= 15 is 0 Å². The predicted octanol–water partition coefficient (Wildman–Crippen LogP) is 2.26. The van der Waals surface area contributed by atoms with Crippen LogP contribution in [0.15, 0.2) is 4.52 Å². The number of aromatic nitrogens is 2. The number of hydrogen-bond acceptors (Lipinski definition) is 5. The van der Waals surface area contributed by atoms with Gasteiger partial charge in [0.1, 0.15) is 0 Å². The van der Waals surface area contributed by atoms with E-state index in [1.165, 1.54) is 18.6 Å². The smallest absolute Gasteiger partial charge is 0.229 e. The molecule has 17 heavy (non-hydrogen) atoms. The quantitative estimate of drug-likeness (QED) is 0.876. The second-order valence-corrected chi connectivity index (χ2v) is 6.99. The van der Waals surface area contributed by atoms with Crippen molar-refractivity contribution in [1.82, 2.24) is 10.1 Å². The average Bonchev–Trinajstić information content (AvgIpc) is 3.01. The molecule has 2 aliphatic rings. The van der Waals surface area contributed by atoms with Gasteiger partial charge < -0.3 is 10.3 Å². The first-order chi connectivity index (χ1) is 8.03. The Balaban J connectivity index is 1.93. The van der Waals surface area contributed by atoms with Gasteiger partial charge >= 0.3 is 0 Å². The summed E-state index contributed by atoms with van der Waals surface area (Å²) in [5, 5.41) is 4.14. The molecule has 5 heteroatoms. The zero-order valence-electron chi connectivity index (χ0n) is 10.4. The molecule has 0 aromatic carbocycles. The van der Waals surface area contributed by atoms with Crippen molar-refractivity contribution in [3.05, 3.63) is 11.7 Å². The van der Waals surface area contributed by atoms with Gasteiger partial charge in [-0.1, -0.05) is 19.0 Å². The molecule has 4 nitrogen and oxygen atoms in total. The van der Waals surface area contributed by atoms with Gasteiger partial charge in [0.2, 0.25) is 5.89 Å². The fraction of sp³-hybridized carbons (Fsp3) is 0.833. The standard InChI is InChI=1S/C12H19N3OS/c1-11(2)5-6-17-7-12(11,13)10-14-9(16-15-10)8-3-4-8/h8H,3-7,13H2,1-2H3. The lowest BCUT2D eigenvalue weighted by Gasteiger charge is -2.45. The van der Waals surface area contributed by atoms with E-state index in [2.05, 4.69) is 24.0 Å². The highest BCUT2D eigenvalue weighted by Crippen LogP contribution is 2.47. The van der Waals surface area contributed by atoms with Crippen LogP contribution in [0.4, 0.5) is 0 Å². The Morgan fingerprint density at radius 2 is 2.18 bits per heavy atom. The monoisotopic (exact) mass is 253 g/mol. The summed E-state index contributed by atoms with van der Waals surface area (Å²) >= 11 is 1.89. The SMILES string of the molecule is CC1(C)CCSCC1(N)c1noc(C2CC2)n1. The largest absolute Gasteiger partial charge is 0.339 e. The van der Waals surface area contributed by atoms with Gasteiger partial charge in [-0.3, -0.25) is 0 Å². The fourth-order valence-electron chi connectivity index (χ4n) is 2.26. The highest BCUT2D eigenvalue weighted by Gasteiger charge is 2.49. The van der Waals surface area contributed by atoms with Crippen LogP contribution in [0, 0.1) is 5.41 Å². The number of thioether (sulfide) groups is 1. The molecule has 0 bridgehead atoms. The normalized spacial score (nSPS) is 32.6. The van der Waals surface area contributed by atoms with Crippen LogP contribution in [-0.4, -0.2) is 21.6 Å². The van der Waals surface area contributed by atoms with Gasteiger partial charge in [0, 0.05) is 11.7 Å². The first kappa shape index (κ1) is 11.5. The molecule has 1 aromatic heterocycles. The first-order valence-corrected chi connectivity index (χ1v) is 7.39. The minimum atomic E-state index is -0.452. The molecule has 0 spiro atoms. The van der Waals surface area contributed by atoms with Gasteiger partial charge in [-0.15, -0.1) is 0 Å². The van der Waals surface area contributed by atoms with Gasteiger partial charge in [-0.05, 0) is 30.4 Å². The molecule has 1 unspecified atom stereocenters. The van der Waals surface area contributed by atoms with Crippen LogP contribution in [0.3, 0.4) is 0 Å². The summed E-state index contributed by atoms with van der Waals surface area (Å²) in [7, 11) is 0. The van der Waals surface area contributed by atoms with E-state index in [1.807, 2.05) is 11.8 Å². The molecular formula is C12H19N3OS. The molecule has 1 aliphatic heterocycles. The Kier molecular flexibility index (Phi) is 2.52. The topological polar surface area (TPSA) is 64.9 Å². The Morgan fingerprint density at radius 3 is 2.82 bits per heavy atom. The van der Waals surface area contributed by atoms with Crippen LogP contribution in [0.2, 0.25) is 0 Å². The molecule has 0 amide bonds. The first-order valence-electron chi connectivity index (χ1n) is 6.24. The maximum absolute atomic E-state index is 6.59. The predicted molar refractivity (Wildman–Crippen MR) is 67.9 cm³/mol. The molecule has 1 aliphatic carbocycles. The molecule has 3 rings (SSSR count). The summed E-state index contributed by atoms with van der Waals surface area (Å²) in [6.07, 6.45) is 3.45. The molecule has 2 N–H and O–H groups in total. The number of hydrogen-bond donors (Lipinski definition) is 1. The summed E-state index contributed by atoms with van der Waals surface area (Å²) in [6.45, 7) is 4.42. The van der Waals surface area contributed by atoms with Gasteiger partial charge in [0.25, 0.3) is 0 Å². The van der Waals surface area contributed by atoms with Crippen LogP contribution in [-0.2, 0) is 5.54 Å². The molecule has 2 heterocycles. The van der Waals surface area contributed by atoms with Crippen LogP contribution >= 0.6 is 11.8 Å². The van der Waals surface area contributed by atoms with E-state index in [4.69, 9.17) is 10.3 Å². The van der Waals surface area contributed by atoms with E-state index < -0.39 is 5.54 Å². The minimum Gasteiger partial charge on any atom is -0.339 e. The summed E-state index contributed by atoms with van der Waals surface area (Å²) < 4.78 is 5.35. The Bertz CT molecular complexity index is 427. The highest BCUT2D eigenvalue weighted by atomic mass is 32.2. The van der Waals surface area contributed by atoms with Crippen molar-refractivity contribution in [2.45, 2.75) is 44.6 Å². The molecule has 1 saturated heterocycles. The lowest BCUT2D eigenvalue weighted by Crippen LogP contribution is -2.55. The zero-order chi connectivity index (χ0) is 12.1. The molecule has 1 atom stereocenters.